The molecule has 5 aliphatic carbocycles. The Morgan fingerprint density at radius 3 is 2.23 bits per heavy atom. The third kappa shape index (κ3) is 8.05. The number of allylic oxidation sites excluding steroid dienone is 1. The number of benzene rings is 1. The van der Waals surface area contributed by atoms with Crippen molar-refractivity contribution in [1.82, 2.24) is 9.80 Å². The van der Waals surface area contributed by atoms with Gasteiger partial charge < -0.3 is 19.5 Å². The van der Waals surface area contributed by atoms with Gasteiger partial charge in [-0.15, -0.1) is 0 Å². The number of carboxylic acids is 1. The van der Waals surface area contributed by atoms with Crippen LogP contribution in [0.4, 0.5) is 0 Å². The van der Waals surface area contributed by atoms with Crippen LogP contribution in [0, 0.1) is 63.1 Å². The van der Waals surface area contributed by atoms with Crippen LogP contribution in [0.5, 0.6) is 0 Å². The van der Waals surface area contributed by atoms with Gasteiger partial charge in [0.05, 0.1) is 11.8 Å². The molecule has 0 saturated heterocycles. The fourth-order valence-corrected chi connectivity index (χ4v) is 14.3. The molecule has 0 heterocycles. The number of aliphatic carboxylic acids is 1. The molecule has 9 nitrogen and oxygen atoms in total. The normalized spacial score (nSPS) is 34.2. The lowest BCUT2D eigenvalue weighted by atomic mass is 9.33. The number of nitrogens with zero attached hydrogens (tertiary/aromatic N) is 2. The van der Waals surface area contributed by atoms with Gasteiger partial charge in [-0.3, -0.25) is 24.1 Å². The average Bonchev–Trinajstić information content (AvgIpc) is 3.44. The molecule has 60 heavy (non-hydrogen) atoms. The second-order valence-corrected chi connectivity index (χ2v) is 22.7. The summed E-state index contributed by atoms with van der Waals surface area (Å²) in [6.45, 7) is 26.4. The van der Waals surface area contributed by atoms with Gasteiger partial charge in [-0.1, -0.05) is 78.3 Å². The molecule has 0 spiro atoms. The predicted octanol–water partition coefficient (Wildman–Crippen LogP) is 9.68. The van der Waals surface area contributed by atoms with Crippen LogP contribution in [-0.2, 0) is 35.2 Å². The Morgan fingerprint density at radius 1 is 0.917 bits per heavy atom. The molecule has 0 bridgehead atoms. The zero-order valence-electron chi connectivity index (χ0n) is 39.5. The van der Waals surface area contributed by atoms with E-state index >= 15 is 0 Å². The van der Waals surface area contributed by atoms with E-state index in [0.717, 1.165) is 76.6 Å². The number of rotatable bonds is 14. The molecule has 1 N–H and O–H groups in total. The molecule has 0 aromatic heterocycles. The molecule has 0 aliphatic heterocycles. The van der Waals surface area contributed by atoms with Gasteiger partial charge in [-0.2, -0.15) is 0 Å². The zero-order chi connectivity index (χ0) is 44.4. The lowest BCUT2D eigenvalue weighted by molar-refractivity contribution is -0.235. The van der Waals surface area contributed by atoms with E-state index < -0.39 is 28.9 Å². The Hall–Kier alpha value is -3.04. The van der Waals surface area contributed by atoms with Crippen molar-refractivity contribution < 1.29 is 33.8 Å². The van der Waals surface area contributed by atoms with E-state index in [-0.39, 0.29) is 57.8 Å². The second kappa shape index (κ2) is 16.6. The first-order chi connectivity index (χ1) is 27.8. The van der Waals surface area contributed by atoms with Crippen LogP contribution in [0.25, 0.3) is 0 Å². The van der Waals surface area contributed by atoms with Gasteiger partial charge >= 0.3 is 17.9 Å². The second-order valence-electron chi connectivity index (χ2n) is 22.7. The average molecular weight is 831 g/mol. The van der Waals surface area contributed by atoms with Crippen LogP contribution >= 0.6 is 0 Å². The lowest BCUT2D eigenvalue weighted by Crippen LogP contribution is -2.66. The third-order valence-corrected chi connectivity index (χ3v) is 17.6. The van der Waals surface area contributed by atoms with Crippen molar-refractivity contribution >= 4 is 23.7 Å². The van der Waals surface area contributed by atoms with E-state index in [4.69, 9.17) is 9.47 Å². The fourth-order valence-electron chi connectivity index (χ4n) is 14.3. The fraction of sp³-hybridized carbons (Fsp3) is 0.765. The highest BCUT2D eigenvalue weighted by Gasteiger charge is 2.71. The van der Waals surface area contributed by atoms with Gasteiger partial charge in [-0.05, 0) is 143 Å². The van der Waals surface area contributed by atoms with Crippen molar-refractivity contribution in [2.24, 2.45) is 56.2 Å². The standard InChI is InChI=1S/C51H78N2O7/c1-32(2)43-37(55)28-51(41(59-34(4)54)31-53(26-25-52(12)13)30-35-16-14-15-33(3)27-35)24-23-49(10)36(44(43)51)17-18-39-48(9)21-20-40(60-42(56)29-46(5,6)45(57)58)47(7,8)38(48)19-22-50(39,49)11/h14-16,27,32,36,38-41H,17-26,28-31H2,1-13H3,(H,57,58)/t36-,38+,39-,40+,41-,48+,49-,50-,51+/m1/s1. The molecule has 5 aliphatic rings. The Bertz CT molecular complexity index is 1860. The van der Waals surface area contributed by atoms with E-state index in [0.29, 0.717) is 24.8 Å². The Kier molecular flexibility index (Phi) is 12.8. The van der Waals surface area contributed by atoms with Gasteiger partial charge in [0, 0.05) is 50.4 Å². The van der Waals surface area contributed by atoms with E-state index in [9.17, 15) is 24.3 Å². The Morgan fingerprint density at radius 2 is 1.62 bits per heavy atom. The summed E-state index contributed by atoms with van der Waals surface area (Å²) in [5, 5.41) is 9.68. The highest BCUT2D eigenvalue weighted by atomic mass is 16.5. The molecule has 9 heteroatoms. The first-order valence-electron chi connectivity index (χ1n) is 23.1. The summed E-state index contributed by atoms with van der Waals surface area (Å²) < 4.78 is 12.8. The Labute approximate surface area is 361 Å². The summed E-state index contributed by atoms with van der Waals surface area (Å²) in [5.74, 6) is -0.373. The molecule has 0 amide bonds. The maximum Gasteiger partial charge on any atom is 0.309 e. The SMILES string of the molecule is CC(=O)O[C@H](CN(CCN(C)C)Cc1cccc(C)c1)[C@@]12CC[C@]3(C)[C@H](CC[C@@H]4[C@@]5(C)CC[C@H](OC(=O)CC(C)(C)C(=O)O)C(C)(C)[C@@H]5CC[C@]43C)C1=C(C(C)C)C(=O)C2. The van der Waals surface area contributed by atoms with Crippen LogP contribution in [0.3, 0.4) is 0 Å². The topological polar surface area (TPSA) is 113 Å². The number of aryl methyl sites for hydroxylation is 1. The summed E-state index contributed by atoms with van der Waals surface area (Å²) in [5.41, 5.74) is 2.77. The number of esters is 2. The molecule has 4 saturated carbocycles. The smallest absolute Gasteiger partial charge is 0.309 e. The maximum atomic E-state index is 14.6. The van der Waals surface area contributed by atoms with Gasteiger partial charge in [-0.25, -0.2) is 0 Å². The number of hydrogen-bond donors (Lipinski definition) is 1. The van der Waals surface area contributed by atoms with E-state index in [2.05, 4.69) is 104 Å². The van der Waals surface area contributed by atoms with E-state index in [1.54, 1.807) is 13.8 Å². The van der Waals surface area contributed by atoms with Crippen molar-refractivity contribution in [3.63, 3.8) is 0 Å². The number of likely N-dealkylation sites (N-methyl/N-ethyl adjacent to an activating group) is 1. The quantitative estimate of drug-likeness (QED) is 0.183. The molecule has 334 valence electrons. The summed E-state index contributed by atoms with van der Waals surface area (Å²) >= 11 is 0. The van der Waals surface area contributed by atoms with E-state index in [1.165, 1.54) is 23.6 Å². The third-order valence-electron chi connectivity index (χ3n) is 17.6. The van der Waals surface area contributed by atoms with Crippen LogP contribution in [0.1, 0.15) is 145 Å². The molecule has 9 atom stereocenters. The lowest BCUT2D eigenvalue weighted by Gasteiger charge is -2.72. The highest BCUT2D eigenvalue weighted by molar-refractivity contribution is 6.01. The molecule has 4 fully saturated rings. The van der Waals surface area contributed by atoms with Crippen molar-refractivity contribution in [3.8, 4) is 0 Å². The number of carboxylic acid groups (broad SMARTS) is 1. The number of hydrogen-bond acceptors (Lipinski definition) is 8. The van der Waals surface area contributed by atoms with Gasteiger partial charge in [0.1, 0.15) is 12.2 Å². The Balaban J connectivity index is 1.34. The molecule has 0 unspecified atom stereocenters. The first kappa shape index (κ1) is 46.5. The van der Waals surface area contributed by atoms with Crippen molar-refractivity contribution in [2.45, 2.75) is 159 Å². The monoisotopic (exact) mass is 831 g/mol. The number of carbonyl (C=O) groups excluding carboxylic acids is 3. The summed E-state index contributed by atoms with van der Waals surface area (Å²) in [6, 6.07) is 8.66. The molecular formula is C51H78N2O7. The first-order valence-corrected chi connectivity index (χ1v) is 23.1. The number of fused-ring (bicyclic) bond motifs is 7. The summed E-state index contributed by atoms with van der Waals surface area (Å²) in [6.07, 6.45) is 7.25. The minimum absolute atomic E-state index is 0.0129. The summed E-state index contributed by atoms with van der Waals surface area (Å²) in [4.78, 5) is 57.5. The van der Waals surface area contributed by atoms with Crippen LogP contribution in [0.2, 0.25) is 0 Å². The van der Waals surface area contributed by atoms with Gasteiger partial charge in [0.15, 0.2) is 5.78 Å². The van der Waals surface area contributed by atoms with Crippen LogP contribution < -0.4 is 0 Å². The number of ketones is 1. The van der Waals surface area contributed by atoms with E-state index in [1.807, 2.05) is 0 Å². The van der Waals surface area contributed by atoms with Crippen LogP contribution in [0.15, 0.2) is 35.4 Å². The molecule has 1 aromatic rings. The molecule has 6 rings (SSSR count). The highest BCUT2D eigenvalue weighted by Crippen LogP contribution is 2.77. The van der Waals surface area contributed by atoms with Crippen LogP contribution in [-0.4, -0.2) is 84.5 Å². The largest absolute Gasteiger partial charge is 0.481 e. The molecule has 0 radical (unpaired) electrons. The zero-order valence-corrected chi connectivity index (χ0v) is 39.5. The summed E-state index contributed by atoms with van der Waals surface area (Å²) in [7, 11) is 4.19. The van der Waals surface area contributed by atoms with Gasteiger partial charge in [0.2, 0.25) is 0 Å². The number of carbonyl (C=O) groups is 4. The maximum absolute atomic E-state index is 14.6. The van der Waals surface area contributed by atoms with Crippen molar-refractivity contribution in [2.75, 3.05) is 33.7 Å². The number of ether oxygens (including phenoxy) is 2. The van der Waals surface area contributed by atoms with Crippen molar-refractivity contribution in [3.05, 3.63) is 46.5 Å². The number of Topliss-reactive ketones (excluding diaryl/α,β-unsaturated/α-hetero) is 1. The predicted molar refractivity (Wildman–Crippen MR) is 236 cm³/mol. The molecular weight excluding hydrogens is 753 g/mol. The molecule has 1 aromatic carbocycles. The van der Waals surface area contributed by atoms with Gasteiger partial charge in [0.25, 0.3) is 0 Å². The minimum atomic E-state index is -1.18. The minimum Gasteiger partial charge on any atom is -0.481 e. The van der Waals surface area contributed by atoms with Crippen molar-refractivity contribution in [1.29, 1.82) is 0 Å².